The van der Waals surface area contributed by atoms with Gasteiger partial charge in [0.15, 0.2) is 0 Å². The average molecular weight is 274 g/mol. The van der Waals surface area contributed by atoms with E-state index in [0.717, 1.165) is 16.7 Å². The van der Waals surface area contributed by atoms with E-state index in [4.69, 9.17) is 4.74 Å². The third kappa shape index (κ3) is 2.52. The van der Waals surface area contributed by atoms with E-state index in [2.05, 4.69) is 17.2 Å². The summed E-state index contributed by atoms with van der Waals surface area (Å²) < 4.78 is 4.82. The summed E-state index contributed by atoms with van der Waals surface area (Å²) >= 11 is 0. The van der Waals surface area contributed by atoms with Gasteiger partial charge in [-0.1, -0.05) is 30.3 Å². The molecular formula is C15H18N2O3. The summed E-state index contributed by atoms with van der Waals surface area (Å²) in [5, 5.41) is 5.31. The first-order valence-electron chi connectivity index (χ1n) is 6.35. The molecule has 0 saturated carbocycles. The number of esters is 1. The van der Waals surface area contributed by atoms with Crippen molar-refractivity contribution in [3.8, 4) is 0 Å². The number of benzene rings is 1. The first kappa shape index (κ1) is 14.1. The summed E-state index contributed by atoms with van der Waals surface area (Å²) in [5.74, 6) is -1.06. The fraction of sp³-hybridized carbons (Fsp3) is 0.333. The normalized spacial score (nSPS) is 21.9. The molecule has 0 unspecified atom stereocenters. The van der Waals surface area contributed by atoms with Gasteiger partial charge in [0.25, 0.3) is 0 Å². The highest BCUT2D eigenvalue weighted by Crippen LogP contribution is 2.32. The summed E-state index contributed by atoms with van der Waals surface area (Å²) in [6, 6.07) is 5.06. The number of rotatable bonds is 2. The second-order valence-electron chi connectivity index (χ2n) is 4.96. The third-order valence-corrected chi connectivity index (χ3v) is 3.48. The Morgan fingerprint density at radius 1 is 1.35 bits per heavy atom. The summed E-state index contributed by atoms with van der Waals surface area (Å²) in [7, 11) is 1.32. The van der Waals surface area contributed by atoms with Crippen LogP contribution in [-0.4, -0.2) is 19.1 Å². The molecule has 1 aromatic carbocycles. The van der Waals surface area contributed by atoms with Gasteiger partial charge in [0.05, 0.1) is 13.2 Å². The van der Waals surface area contributed by atoms with Gasteiger partial charge in [-0.25, -0.2) is 4.79 Å². The van der Waals surface area contributed by atoms with E-state index in [1.54, 1.807) is 0 Å². The number of hydrogen-bond donors (Lipinski definition) is 2. The van der Waals surface area contributed by atoms with Crippen molar-refractivity contribution in [1.82, 2.24) is 10.6 Å². The second kappa shape index (κ2) is 5.36. The van der Waals surface area contributed by atoms with Crippen LogP contribution in [0.1, 0.15) is 22.7 Å². The Morgan fingerprint density at radius 3 is 2.65 bits per heavy atom. The van der Waals surface area contributed by atoms with Gasteiger partial charge in [0.2, 0.25) is 0 Å². The van der Waals surface area contributed by atoms with Gasteiger partial charge in [0.1, 0.15) is 5.92 Å². The van der Waals surface area contributed by atoms with Crippen LogP contribution in [0.3, 0.4) is 0 Å². The van der Waals surface area contributed by atoms with Gasteiger partial charge >= 0.3 is 12.0 Å². The van der Waals surface area contributed by atoms with Gasteiger partial charge in [-0.3, -0.25) is 4.79 Å². The molecule has 1 aliphatic heterocycles. The molecule has 0 bridgehead atoms. The molecule has 0 aromatic heterocycles. The molecule has 1 fully saturated rings. The van der Waals surface area contributed by atoms with Crippen LogP contribution in [0.2, 0.25) is 0 Å². The molecule has 5 heteroatoms. The fourth-order valence-electron chi connectivity index (χ4n) is 2.52. The van der Waals surface area contributed by atoms with Crippen LogP contribution >= 0.6 is 0 Å². The molecule has 5 nitrogen and oxygen atoms in total. The summed E-state index contributed by atoms with van der Waals surface area (Å²) in [6.45, 7) is 7.71. The monoisotopic (exact) mass is 274 g/mol. The zero-order valence-corrected chi connectivity index (χ0v) is 11.8. The quantitative estimate of drug-likeness (QED) is 0.810. The Morgan fingerprint density at radius 2 is 2.05 bits per heavy atom. The molecule has 20 heavy (non-hydrogen) atoms. The first-order valence-corrected chi connectivity index (χ1v) is 6.35. The van der Waals surface area contributed by atoms with Crippen LogP contribution in [0.5, 0.6) is 0 Å². The highest BCUT2D eigenvalue weighted by Gasteiger charge is 2.39. The third-order valence-electron chi connectivity index (χ3n) is 3.48. The zero-order valence-electron chi connectivity index (χ0n) is 11.8. The molecule has 2 amide bonds. The van der Waals surface area contributed by atoms with Gasteiger partial charge in [-0.05, 0) is 25.0 Å². The summed E-state index contributed by atoms with van der Waals surface area (Å²) in [6.07, 6.45) is 0. The lowest BCUT2D eigenvalue weighted by Crippen LogP contribution is -2.51. The lowest BCUT2D eigenvalue weighted by molar-refractivity contribution is -0.145. The molecule has 1 aromatic rings. The molecule has 1 aliphatic rings. The lowest BCUT2D eigenvalue weighted by atomic mass is 9.86. The van der Waals surface area contributed by atoms with Crippen molar-refractivity contribution in [2.45, 2.75) is 19.9 Å². The van der Waals surface area contributed by atoms with E-state index in [9.17, 15) is 9.59 Å². The van der Waals surface area contributed by atoms with Crippen LogP contribution in [0.15, 0.2) is 30.5 Å². The maximum absolute atomic E-state index is 12.0. The fourth-order valence-corrected chi connectivity index (χ4v) is 2.52. The maximum atomic E-state index is 12.0. The highest BCUT2D eigenvalue weighted by molar-refractivity contribution is 5.85. The molecule has 0 radical (unpaired) electrons. The van der Waals surface area contributed by atoms with E-state index < -0.39 is 17.9 Å². The van der Waals surface area contributed by atoms with Crippen molar-refractivity contribution in [3.05, 3.63) is 47.2 Å². The second-order valence-corrected chi connectivity index (χ2v) is 4.96. The topological polar surface area (TPSA) is 67.4 Å². The molecule has 2 N–H and O–H groups in total. The Labute approximate surface area is 118 Å². The number of hydrogen-bond acceptors (Lipinski definition) is 3. The largest absolute Gasteiger partial charge is 0.468 e. The Hall–Kier alpha value is -2.30. The van der Waals surface area contributed by atoms with Crippen LogP contribution in [0, 0.1) is 19.8 Å². The van der Waals surface area contributed by atoms with Crippen molar-refractivity contribution in [2.24, 2.45) is 5.92 Å². The lowest BCUT2D eigenvalue weighted by Gasteiger charge is -2.33. The summed E-state index contributed by atoms with van der Waals surface area (Å²) in [5.41, 5.74) is 3.38. The number of amides is 2. The van der Waals surface area contributed by atoms with E-state index in [0.29, 0.717) is 5.70 Å². The number of aryl methyl sites for hydroxylation is 2. The average Bonchev–Trinajstić information content (AvgIpc) is 2.37. The van der Waals surface area contributed by atoms with Crippen molar-refractivity contribution in [1.29, 1.82) is 0 Å². The number of urea groups is 1. The highest BCUT2D eigenvalue weighted by atomic mass is 16.5. The van der Waals surface area contributed by atoms with Gasteiger partial charge in [-0.15, -0.1) is 0 Å². The van der Waals surface area contributed by atoms with Crippen LogP contribution < -0.4 is 10.6 Å². The number of nitrogens with one attached hydrogen (secondary N) is 2. The van der Waals surface area contributed by atoms with Crippen LogP contribution in [0.4, 0.5) is 4.79 Å². The minimum atomic E-state index is -0.640. The van der Waals surface area contributed by atoms with Gasteiger partial charge in [-0.2, -0.15) is 0 Å². The maximum Gasteiger partial charge on any atom is 0.319 e. The first-order chi connectivity index (χ1) is 9.43. The van der Waals surface area contributed by atoms with Crippen molar-refractivity contribution >= 4 is 12.0 Å². The van der Waals surface area contributed by atoms with Crippen molar-refractivity contribution < 1.29 is 14.3 Å². The number of methoxy groups -OCH3 is 1. The molecular weight excluding hydrogens is 256 g/mol. The van der Waals surface area contributed by atoms with E-state index >= 15 is 0 Å². The van der Waals surface area contributed by atoms with Crippen molar-refractivity contribution in [2.75, 3.05) is 7.11 Å². The zero-order chi connectivity index (χ0) is 14.9. The molecule has 0 spiro atoms. The molecule has 1 heterocycles. The van der Waals surface area contributed by atoms with E-state index in [-0.39, 0.29) is 6.03 Å². The minimum Gasteiger partial charge on any atom is -0.468 e. The Kier molecular flexibility index (Phi) is 3.79. The smallest absolute Gasteiger partial charge is 0.319 e. The van der Waals surface area contributed by atoms with Gasteiger partial charge in [0, 0.05) is 5.70 Å². The van der Waals surface area contributed by atoms with Gasteiger partial charge < -0.3 is 15.4 Å². The molecule has 2 rings (SSSR count). The number of ether oxygens (including phenoxy) is 1. The SMILES string of the molecule is C=C1NC(=O)N[C@H](c2ccc(C)cc2C)[C@H]1C(=O)OC. The van der Waals surface area contributed by atoms with Crippen molar-refractivity contribution in [3.63, 3.8) is 0 Å². The van der Waals surface area contributed by atoms with Crippen LogP contribution in [0.25, 0.3) is 0 Å². The Bertz CT molecular complexity index is 580. The number of carbonyl (C=O) groups excluding carboxylic acids is 2. The molecule has 0 aliphatic carbocycles. The Balaban J connectivity index is 2.45. The summed E-state index contributed by atoms with van der Waals surface area (Å²) in [4.78, 5) is 23.6. The number of carbonyl (C=O) groups is 2. The molecule has 1 saturated heterocycles. The van der Waals surface area contributed by atoms with E-state index in [1.807, 2.05) is 32.0 Å². The standard InChI is InChI=1S/C15H18N2O3/c1-8-5-6-11(9(2)7-8)13-12(14(18)20-4)10(3)16-15(19)17-13/h5-7,12-13H,3H2,1-2,4H3,(H2,16,17,19)/t12-,13+/m0/s1. The molecule has 106 valence electrons. The predicted molar refractivity (Wildman–Crippen MR) is 75.0 cm³/mol. The van der Waals surface area contributed by atoms with Crippen LogP contribution in [-0.2, 0) is 9.53 Å². The van der Waals surface area contributed by atoms with E-state index in [1.165, 1.54) is 7.11 Å². The predicted octanol–water partition coefficient (Wildman–Crippen LogP) is 1.96. The minimum absolute atomic E-state index is 0.352. The molecule has 2 atom stereocenters.